The molecule has 1 aromatic heterocycles. The molecule has 0 aliphatic carbocycles. The second kappa shape index (κ2) is 7.73. The Bertz CT molecular complexity index is 549. The number of halogens is 3. The van der Waals surface area contributed by atoms with E-state index in [0.717, 1.165) is 12.5 Å². The monoisotopic (exact) mass is 349 g/mol. The summed E-state index contributed by atoms with van der Waals surface area (Å²) in [7, 11) is 0. The zero-order valence-electron chi connectivity index (χ0n) is 12.6. The van der Waals surface area contributed by atoms with Gasteiger partial charge in [0.15, 0.2) is 10.8 Å². The van der Waals surface area contributed by atoms with Crippen LogP contribution in [0, 0.1) is 0 Å². The van der Waals surface area contributed by atoms with E-state index in [1.807, 2.05) is 6.92 Å². The Morgan fingerprint density at radius 2 is 2.04 bits per heavy atom. The van der Waals surface area contributed by atoms with Gasteiger partial charge in [0.2, 0.25) is 5.95 Å². The summed E-state index contributed by atoms with van der Waals surface area (Å²) in [6.07, 6.45) is -3.72. The highest BCUT2D eigenvalue weighted by Gasteiger charge is 2.34. The number of hydrogen-bond donors (Lipinski definition) is 2. The summed E-state index contributed by atoms with van der Waals surface area (Å²) < 4.78 is 44.3. The van der Waals surface area contributed by atoms with Crippen LogP contribution in [0.15, 0.2) is 6.07 Å². The molecule has 0 saturated carbocycles. The fourth-order valence-electron chi connectivity index (χ4n) is 1.97. The first-order valence-electron chi connectivity index (χ1n) is 7.24. The molecule has 23 heavy (non-hydrogen) atoms. The van der Waals surface area contributed by atoms with Crippen LogP contribution in [0.5, 0.6) is 0 Å². The average Bonchev–Trinajstić information content (AvgIpc) is 2.52. The van der Waals surface area contributed by atoms with Gasteiger partial charge < -0.3 is 20.3 Å². The normalized spacial score (nSPS) is 15.4. The van der Waals surface area contributed by atoms with Crippen molar-refractivity contribution in [1.29, 1.82) is 0 Å². The largest absolute Gasteiger partial charge is 0.433 e. The molecule has 10 heteroatoms. The molecule has 0 aromatic carbocycles. The number of thiocarbonyl (C=S) groups is 1. The molecule has 1 aliphatic rings. The molecular formula is C13H18F3N5OS. The predicted molar refractivity (Wildman–Crippen MR) is 84.6 cm³/mol. The zero-order valence-corrected chi connectivity index (χ0v) is 13.4. The molecule has 1 aliphatic heterocycles. The first-order chi connectivity index (χ1) is 10.9. The molecule has 0 bridgehead atoms. The summed E-state index contributed by atoms with van der Waals surface area (Å²) in [5.74, 6) is 0.0336. The van der Waals surface area contributed by atoms with Crippen molar-refractivity contribution in [2.24, 2.45) is 0 Å². The molecule has 0 spiro atoms. The lowest BCUT2D eigenvalue weighted by molar-refractivity contribution is -0.141. The van der Waals surface area contributed by atoms with E-state index < -0.39 is 11.9 Å². The van der Waals surface area contributed by atoms with Crippen molar-refractivity contribution in [1.82, 2.24) is 15.3 Å². The first kappa shape index (κ1) is 17.7. The minimum Gasteiger partial charge on any atom is -0.378 e. The van der Waals surface area contributed by atoms with E-state index in [1.54, 1.807) is 4.90 Å². The van der Waals surface area contributed by atoms with Crippen LogP contribution in [-0.4, -0.2) is 47.9 Å². The SMILES string of the molecule is CCCNC(=S)Nc1nc(N2CCOCC2)cc(C(F)(F)F)n1. The average molecular weight is 349 g/mol. The smallest absolute Gasteiger partial charge is 0.378 e. The van der Waals surface area contributed by atoms with E-state index in [1.165, 1.54) is 0 Å². The molecule has 0 unspecified atom stereocenters. The van der Waals surface area contributed by atoms with Gasteiger partial charge in [-0.15, -0.1) is 0 Å². The van der Waals surface area contributed by atoms with Crippen molar-refractivity contribution in [3.63, 3.8) is 0 Å². The van der Waals surface area contributed by atoms with Gasteiger partial charge in [0.05, 0.1) is 13.2 Å². The number of nitrogens with one attached hydrogen (secondary N) is 2. The van der Waals surface area contributed by atoms with Crippen LogP contribution in [0.1, 0.15) is 19.0 Å². The van der Waals surface area contributed by atoms with E-state index in [9.17, 15) is 13.2 Å². The van der Waals surface area contributed by atoms with Crippen LogP contribution in [-0.2, 0) is 10.9 Å². The molecule has 6 nitrogen and oxygen atoms in total. The first-order valence-corrected chi connectivity index (χ1v) is 7.65. The number of aromatic nitrogens is 2. The third kappa shape index (κ3) is 5.17. The van der Waals surface area contributed by atoms with Crippen molar-refractivity contribution >= 4 is 29.1 Å². The molecule has 2 heterocycles. The predicted octanol–water partition coefficient (Wildman–Crippen LogP) is 2.03. The molecule has 0 atom stereocenters. The number of ether oxygens (including phenoxy) is 1. The number of anilines is 2. The quantitative estimate of drug-likeness (QED) is 0.807. The maximum atomic E-state index is 13.0. The van der Waals surface area contributed by atoms with Gasteiger partial charge in [0, 0.05) is 25.7 Å². The van der Waals surface area contributed by atoms with Gasteiger partial charge in [-0.3, -0.25) is 0 Å². The highest BCUT2D eigenvalue weighted by molar-refractivity contribution is 7.80. The van der Waals surface area contributed by atoms with E-state index in [4.69, 9.17) is 17.0 Å². The van der Waals surface area contributed by atoms with Crippen LogP contribution in [0.2, 0.25) is 0 Å². The lowest BCUT2D eigenvalue weighted by atomic mass is 10.3. The topological polar surface area (TPSA) is 62.3 Å². The number of hydrogen-bond acceptors (Lipinski definition) is 5. The Labute approximate surface area is 137 Å². The van der Waals surface area contributed by atoms with Crippen LogP contribution >= 0.6 is 12.2 Å². The number of nitrogens with zero attached hydrogens (tertiary/aromatic N) is 3. The molecule has 0 amide bonds. The van der Waals surface area contributed by atoms with Crippen molar-refractivity contribution in [3.05, 3.63) is 11.8 Å². The maximum Gasteiger partial charge on any atom is 0.433 e. The Balaban J connectivity index is 2.24. The summed E-state index contributed by atoms with van der Waals surface area (Å²) in [5, 5.41) is 5.67. The molecular weight excluding hydrogens is 331 g/mol. The zero-order chi connectivity index (χ0) is 16.9. The van der Waals surface area contributed by atoms with Gasteiger partial charge in [-0.05, 0) is 18.6 Å². The molecule has 128 valence electrons. The van der Waals surface area contributed by atoms with Gasteiger partial charge in [0.1, 0.15) is 5.82 Å². The maximum absolute atomic E-state index is 13.0. The highest BCUT2D eigenvalue weighted by Crippen LogP contribution is 2.30. The third-order valence-electron chi connectivity index (χ3n) is 3.10. The number of morpholine rings is 1. The van der Waals surface area contributed by atoms with Crippen molar-refractivity contribution < 1.29 is 17.9 Å². The fraction of sp³-hybridized carbons (Fsp3) is 0.615. The van der Waals surface area contributed by atoms with E-state index in [2.05, 4.69) is 20.6 Å². The van der Waals surface area contributed by atoms with Crippen LogP contribution in [0.3, 0.4) is 0 Å². The summed E-state index contributed by atoms with van der Waals surface area (Å²) in [4.78, 5) is 9.38. The van der Waals surface area contributed by atoms with Crippen LogP contribution in [0.4, 0.5) is 24.9 Å². The van der Waals surface area contributed by atoms with E-state index in [-0.39, 0.29) is 16.9 Å². The Hall–Kier alpha value is -1.68. The number of alkyl halides is 3. The lowest BCUT2D eigenvalue weighted by Gasteiger charge is -2.28. The minimum atomic E-state index is -4.56. The Kier molecular flexibility index (Phi) is 5.94. The van der Waals surface area contributed by atoms with Gasteiger partial charge in [-0.2, -0.15) is 18.2 Å². The minimum absolute atomic E-state index is 0.171. The lowest BCUT2D eigenvalue weighted by Crippen LogP contribution is -2.37. The van der Waals surface area contributed by atoms with E-state index >= 15 is 0 Å². The van der Waals surface area contributed by atoms with E-state index in [0.29, 0.717) is 32.8 Å². The summed E-state index contributed by atoms with van der Waals surface area (Å²) in [6, 6.07) is 0.943. The summed E-state index contributed by atoms with van der Waals surface area (Å²) in [5.41, 5.74) is -1.00. The summed E-state index contributed by atoms with van der Waals surface area (Å²) >= 11 is 5.02. The molecule has 0 radical (unpaired) electrons. The standard InChI is InChI=1S/C13H18F3N5OS/c1-2-3-17-12(23)20-11-18-9(13(14,15)16)8-10(19-11)21-4-6-22-7-5-21/h8H,2-7H2,1H3,(H2,17,18,19,20,23). The second-order valence-electron chi connectivity index (χ2n) is 4.91. The van der Waals surface area contributed by atoms with Gasteiger partial charge in [-0.25, -0.2) is 4.98 Å². The Morgan fingerprint density at radius 1 is 1.35 bits per heavy atom. The molecule has 1 aromatic rings. The molecule has 2 N–H and O–H groups in total. The summed E-state index contributed by atoms with van der Waals surface area (Å²) in [6.45, 7) is 4.42. The van der Waals surface area contributed by atoms with Gasteiger partial charge in [0.25, 0.3) is 0 Å². The van der Waals surface area contributed by atoms with Crippen LogP contribution < -0.4 is 15.5 Å². The van der Waals surface area contributed by atoms with Crippen molar-refractivity contribution in [2.45, 2.75) is 19.5 Å². The molecule has 1 saturated heterocycles. The molecule has 2 rings (SSSR count). The second-order valence-corrected chi connectivity index (χ2v) is 5.32. The van der Waals surface area contributed by atoms with Gasteiger partial charge >= 0.3 is 6.18 Å². The van der Waals surface area contributed by atoms with Crippen molar-refractivity contribution in [2.75, 3.05) is 43.1 Å². The van der Waals surface area contributed by atoms with Crippen LogP contribution in [0.25, 0.3) is 0 Å². The molecule has 1 fully saturated rings. The highest BCUT2D eigenvalue weighted by atomic mass is 32.1. The third-order valence-corrected chi connectivity index (χ3v) is 3.35. The van der Waals surface area contributed by atoms with Crippen molar-refractivity contribution in [3.8, 4) is 0 Å². The number of rotatable bonds is 4. The Morgan fingerprint density at radius 3 is 2.65 bits per heavy atom. The van der Waals surface area contributed by atoms with Gasteiger partial charge in [-0.1, -0.05) is 6.92 Å². The fourth-order valence-corrected chi connectivity index (χ4v) is 2.17.